The van der Waals surface area contributed by atoms with Crippen molar-refractivity contribution in [3.05, 3.63) is 48.6 Å². The fraction of sp³-hybridized carbons (Fsp3) is 0.778. The minimum absolute atomic E-state index is 0.0473. The number of aliphatic hydroxyl groups is 6. The Morgan fingerprint density at radius 1 is 0.600 bits per heavy atom. The fourth-order valence-electron chi connectivity index (χ4n) is 6.55. The van der Waals surface area contributed by atoms with Crippen molar-refractivity contribution < 1.29 is 68.2 Å². The zero-order chi connectivity index (χ0) is 44.4. The molecule has 0 spiro atoms. The molecule has 1 rings (SSSR count). The third kappa shape index (κ3) is 27.7. The summed E-state index contributed by atoms with van der Waals surface area (Å²) >= 11 is 0. The Morgan fingerprint density at radius 3 is 1.67 bits per heavy atom. The summed E-state index contributed by atoms with van der Waals surface area (Å²) in [5, 5.41) is 60.0. The van der Waals surface area contributed by atoms with Gasteiger partial charge in [0, 0.05) is 12.8 Å². The van der Waals surface area contributed by atoms with Crippen LogP contribution in [0.4, 0.5) is 0 Å². The highest BCUT2D eigenvalue weighted by Crippen LogP contribution is 2.47. The van der Waals surface area contributed by atoms with Crippen molar-refractivity contribution in [1.29, 1.82) is 0 Å². The van der Waals surface area contributed by atoms with Crippen molar-refractivity contribution in [2.45, 2.75) is 210 Å². The van der Waals surface area contributed by atoms with Crippen LogP contribution in [0.15, 0.2) is 48.6 Å². The number of hydrogen-bond donors (Lipinski definition) is 7. The lowest BCUT2D eigenvalue weighted by Gasteiger charge is -2.41. The van der Waals surface area contributed by atoms with Gasteiger partial charge in [-0.05, 0) is 64.2 Å². The van der Waals surface area contributed by atoms with Gasteiger partial charge >= 0.3 is 19.8 Å². The molecule has 0 aromatic rings. The number of allylic oxidation sites excluding steroid dienone is 6. The number of aliphatic hydroxyl groups excluding tert-OH is 6. The van der Waals surface area contributed by atoms with Crippen LogP contribution in [0.1, 0.15) is 162 Å². The summed E-state index contributed by atoms with van der Waals surface area (Å²) in [6.45, 7) is 3.04. The minimum atomic E-state index is -5.14. The van der Waals surface area contributed by atoms with E-state index in [1.54, 1.807) is 6.08 Å². The molecule has 1 aliphatic carbocycles. The third-order valence-electron chi connectivity index (χ3n) is 10.2. The lowest BCUT2D eigenvalue weighted by Crippen LogP contribution is -2.64. The van der Waals surface area contributed by atoms with Gasteiger partial charge in [0.25, 0.3) is 0 Å². The van der Waals surface area contributed by atoms with Crippen molar-refractivity contribution >= 4 is 19.8 Å². The van der Waals surface area contributed by atoms with E-state index in [0.717, 1.165) is 77.0 Å². The molecule has 9 atom stereocenters. The maximum Gasteiger partial charge on any atom is 0.472 e. The van der Waals surface area contributed by atoms with Crippen molar-refractivity contribution in [2.75, 3.05) is 13.2 Å². The van der Waals surface area contributed by atoms with Gasteiger partial charge in [-0.15, -0.1) is 0 Å². The lowest BCUT2D eigenvalue weighted by atomic mass is 9.85. The summed E-state index contributed by atoms with van der Waals surface area (Å²) in [4.78, 5) is 35.7. The highest BCUT2D eigenvalue weighted by Gasteiger charge is 2.51. The molecule has 15 heteroatoms. The van der Waals surface area contributed by atoms with E-state index in [1.165, 1.54) is 38.5 Å². The topological polar surface area (TPSA) is 230 Å². The molecule has 0 aliphatic heterocycles. The summed E-state index contributed by atoms with van der Waals surface area (Å²) in [5.74, 6) is -1.17. The van der Waals surface area contributed by atoms with E-state index in [4.69, 9.17) is 18.5 Å². The molecule has 4 unspecified atom stereocenters. The molecule has 0 radical (unpaired) electrons. The summed E-state index contributed by atoms with van der Waals surface area (Å²) in [6, 6.07) is 0. The van der Waals surface area contributed by atoms with Gasteiger partial charge in [0.2, 0.25) is 0 Å². The number of carbonyl (C=O) groups excluding carboxylic acids is 2. The van der Waals surface area contributed by atoms with Crippen LogP contribution < -0.4 is 0 Å². The third-order valence-corrected chi connectivity index (χ3v) is 11.2. The Bertz CT molecular complexity index is 1260. The number of rotatable bonds is 36. The first-order chi connectivity index (χ1) is 28.8. The number of hydrogen-bond acceptors (Lipinski definition) is 13. The van der Waals surface area contributed by atoms with Crippen LogP contribution in [-0.2, 0) is 32.7 Å². The molecule has 0 aromatic heterocycles. The Hall–Kier alpha value is -2.23. The standard InChI is InChI=1S/C45H79O14P/c1-3-5-7-8-9-10-11-12-13-14-15-18-21-24-28-32-38(47)56-34-37(35-57-60(54,55)59-45-43(52)41(50)40(49)42(51)44(45)53)58-39(48)33-29-25-22-19-16-17-20-23-27-31-36(46)30-26-6-4-2/h6,12-13,20,23,26-27,31,36-37,40-46,49-53H,3-5,7-11,14-19,21-22,24-25,28-30,32-35H2,1-2H3,(H,54,55)/b13-12-,23-20+,26-6+,31-27+/t36?,37-,40?,41-,42+,43-,44-,45?/m1/s1. The second-order valence-corrected chi connectivity index (χ2v) is 17.1. The van der Waals surface area contributed by atoms with E-state index in [2.05, 4.69) is 19.1 Å². The average Bonchev–Trinajstić information content (AvgIpc) is 3.22. The number of esters is 2. The molecule has 0 heterocycles. The van der Waals surface area contributed by atoms with Gasteiger partial charge < -0.3 is 45.0 Å². The van der Waals surface area contributed by atoms with Crippen molar-refractivity contribution in [2.24, 2.45) is 0 Å². The van der Waals surface area contributed by atoms with Crippen LogP contribution >= 0.6 is 7.82 Å². The highest BCUT2D eigenvalue weighted by molar-refractivity contribution is 7.47. The Kier molecular flexibility index (Phi) is 32.8. The van der Waals surface area contributed by atoms with Gasteiger partial charge in [0.05, 0.1) is 12.7 Å². The Labute approximate surface area is 359 Å². The van der Waals surface area contributed by atoms with E-state index in [9.17, 15) is 49.7 Å². The second-order valence-electron chi connectivity index (χ2n) is 15.7. The van der Waals surface area contributed by atoms with Crippen molar-refractivity contribution in [1.82, 2.24) is 0 Å². The first-order valence-electron chi connectivity index (χ1n) is 22.5. The lowest BCUT2D eigenvalue weighted by molar-refractivity contribution is -0.220. The van der Waals surface area contributed by atoms with Gasteiger partial charge in [0.15, 0.2) is 6.10 Å². The highest BCUT2D eigenvalue weighted by atomic mass is 31.2. The smallest absolute Gasteiger partial charge is 0.462 e. The SMILES string of the molecule is CC/C=C/CC(O)/C=C/C=C/CCCCCCCC(=O)O[C@H](COC(=O)CCCCCCC/C=C\CCCCCCCC)COP(=O)(O)OC1[C@H](O)[C@H](O)C(O)[C@H](O)[C@H]1O. The van der Waals surface area contributed by atoms with Gasteiger partial charge in [-0.1, -0.05) is 133 Å². The van der Waals surface area contributed by atoms with Crippen LogP contribution in [0, 0.1) is 0 Å². The summed E-state index contributed by atoms with van der Waals surface area (Å²) in [7, 11) is -5.14. The first-order valence-corrected chi connectivity index (χ1v) is 24.0. The van der Waals surface area contributed by atoms with E-state index < -0.39 is 81.8 Å². The van der Waals surface area contributed by atoms with Gasteiger partial charge in [0.1, 0.15) is 43.2 Å². The molecule has 1 fully saturated rings. The predicted molar refractivity (Wildman–Crippen MR) is 232 cm³/mol. The summed E-state index contributed by atoms with van der Waals surface area (Å²) in [6.07, 6.45) is 23.5. The molecule has 1 saturated carbocycles. The molecule has 0 amide bonds. The van der Waals surface area contributed by atoms with Crippen LogP contribution in [0.25, 0.3) is 0 Å². The second kappa shape index (κ2) is 35.3. The van der Waals surface area contributed by atoms with Crippen LogP contribution in [0.3, 0.4) is 0 Å². The van der Waals surface area contributed by atoms with Gasteiger partial charge in [-0.2, -0.15) is 0 Å². The number of phosphoric ester groups is 1. The quantitative estimate of drug-likeness (QED) is 0.0107. The number of phosphoric acid groups is 1. The molecule has 0 aromatic carbocycles. The summed E-state index contributed by atoms with van der Waals surface area (Å²) < 4.78 is 33.4. The summed E-state index contributed by atoms with van der Waals surface area (Å²) in [5.41, 5.74) is 0. The van der Waals surface area contributed by atoms with E-state index >= 15 is 0 Å². The molecular weight excluding hydrogens is 795 g/mol. The number of unbranched alkanes of at least 4 members (excludes halogenated alkanes) is 16. The fourth-order valence-corrected chi connectivity index (χ4v) is 7.52. The minimum Gasteiger partial charge on any atom is -0.462 e. The maximum absolute atomic E-state index is 12.8. The molecule has 60 heavy (non-hydrogen) atoms. The van der Waals surface area contributed by atoms with Crippen molar-refractivity contribution in [3.8, 4) is 0 Å². The molecule has 1 aliphatic rings. The molecule has 14 nitrogen and oxygen atoms in total. The Balaban J connectivity index is 2.51. The molecule has 0 bridgehead atoms. The van der Waals surface area contributed by atoms with Crippen LogP contribution in [-0.4, -0.2) is 110 Å². The van der Waals surface area contributed by atoms with Crippen molar-refractivity contribution in [3.63, 3.8) is 0 Å². The monoisotopic (exact) mass is 875 g/mol. The van der Waals surface area contributed by atoms with Crippen LogP contribution in [0.5, 0.6) is 0 Å². The van der Waals surface area contributed by atoms with Gasteiger partial charge in [-0.25, -0.2) is 4.57 Å². The molecular formula is C45H79O14P. The number of ether oxygens (including phenoxy) is 2. The zero-order valence-corrected chi connectivity index (χ0v) is 37.2. The predicted octanol–water partition coefficient (Wildman–Crippen LogP) is 7.36. The van der Waals surface area contributed by atoms with Gasteiger partial charge in [-0.3, -0.25) is 18.6 Å². The molecule has 348 valence electrons. The molecule has 0 saturated heterocycles. The largest absolute Gasteiger partial charge is 0.472 e. The zero-order valence-electron chi connectivity index (χ0n) is 36.4. The Morgan fingerprint density at radius 2 is 1.10 bits per heavy atom. The molecule has 7 N–H and O–H groups in total. The van der Waals surface area contributed by atoms with E-state index in [-0.39, 0.29) is 12.8 Å². The van der Waals surface area contributed by atoms with E-state index in [0.29, 0.717) is 19.3 Å². The average molecular weight is 875 g/mol. The van der Waals surface area contributed by atoms with Crippen LogP contribution in [0.2, 0.25) is 0 Å². The normalized spacial score (nSPS) is 23.1. The van der Waals surface area contributed by atoms with E-state index in [1.807, 2.05) is 37.3 Å². The number of carbonyl (C=O) groups is 2. The first kappa shape index (κ1) is 55.8. The maximum atomic E-state index is 12.8.